The molecule has 0 saturated carbocycles. The van der Waals surface area contributed by atoms with Crippen LogP contribution in [0.2, 0.25) is 0 Å². The molecule has 1 rings (SSSR count). The van der Waals surface area contributed by atoms with E-state index in [2.05, 4.69) is 74.2 Å². The molecule has 1 atom stereocenters. The number of halogens is 1. The molecule has 0 amide bonds. The third-order valence-corrected chi connectivity index (χ3v) is 3.69. The van der Waals surface area contributed by atoms with E-state index in [0.29, 0.717) is 11.5 Å². The van der Waals surface area contributed by atoms with Crippen LogP contribution >= 0.6 is 15.9 Å². The first-order valence-corrected chi connectivity index (χ1v) is 7.55. The van der Waals surface area contributed by atoms with Crippen LogP contribution in [0.25, 0.3) is 0 Å². The number of aryl methyl sites for hydroxylation is 1. The topological polar surface area (TPSA) is 12.0 Å². The fourth-order valence-corrected chi connectivity index (χ4v) is 2.91. The lowest BCUT2D eigenvalue weighted by Gasteiger charge is -2.22. The van der Waals surface area contributed by atoms with E-state index in [1.54, 1.807) is 0 Å². The standard InChI is InChI=1S/C16H26BrN/c1-12-9-13(11-14(17)10-12)15(18-5)7-6-8-16(2,3)4/h9-11,15,18H,6-8H2,1-5H3. The van der Waals surface area contributed by atoms with Gasteiger partial charge in [0, 0.05) is 10.5 Å². The summed E-state index contributed by atoms with van der Waals surface area (Å²) >= 11 is 3.58. The van der Waals surface area contributed by atoms with Gasteiger partial charge in [0.05, 0.1) is 0 Å². The Bertz CT molecular complexity index is 359. The second kappa shape index (κ2) is 6.72. The molecular weight excluding hydrogens is 286 g/mol. The number of benzene rings is 1. The van der Waals surface area contributed by atoms with E-state index in [1.807, 2.05) is 0 Å². The summed E-state index contributed by atoms with van der Waals surface area (Å²) in [6, 6.07) is 7.13. The Morgan fingerprint density at radius 3 is 2.39 bits per heavy atom. The Balaban J connectivity index is 2.65. The number of nitrogens with one attached hydrogen (secondary N) is 1. The molecule has 1 nitrogen and oxygen atoms in total. The molecular formula is C16H26BrN. The highest BCUT2D eigenvalue weighted by atomic mass is 79.9. The van der Waals surface area contributed by atoms with Crippen molar-refractivity contribution in [3.05, 3.63) is 33.8 Å². The van der Waals surface area contributed by atoms with E-state index in [-0.39, 0.29) is 0 Å². The molecule has 0 aliphatic heterocycles. The third kappa shape index (κ3) is 5.53. The molecule has 1 aromatic carbocycles. The monoisotopic (exact) mass is 311 g/mol. The smallest absolute Gasteiger partial charge is 0.0318 e. The van der Waals surface area contributed by atoms with Crippen LogP contribution in [-0.2, 0) is 0 Å². The van der Waals surface area contributed by atoms with Crippen LogP contribution in [0.15, 0.2) is 22.7 Å². The summed E-state index contributed by atoms with van der Waals surface area (Å²) in [5, 5.41) is 3.44. The molecule has 0 radical (unpaired) electrons. The van der Waals surface area contributed by atoms with E-state index in [4.69, 9.17) is 0 Å². The first-order chi connectivity index (χ1) is 8.31. The van der Waals surface area contributed by atoms with E-state index in [0.717, 1.165) is 0 Å². The predicted octanol–water partition coefficient (Wildman–Crippen LogP) is 5.23. The summed E-state index contributed by atoms with van der Waals surface area (Å²) < 4.78 is 1.17. The number of hydrogen-bond donors (Lipinski definition) is 1. The van der Waals surface area contributed by atoms with E-state index < -0.39 is 0 Å². The minimum absolute atomic E-state index is 0.436. The Morgan fingerprint density at radius 2 is 1.89 bits per heavy atom. The van der Waals surface area contributed by atoms with Crippen LogP contribution in [0.5, 0.6) is 0 Å². The fraction of sp³-hybridized carbons (Fsp3) is 0.625. The van der Waals surface area contributed by atoms with Gasteiger partial charge in [0.2, 0.25) is 0 Å². The van der Waals surface area contributed by atoms with Crippen molar-refractivity contribution in [1.29, 1.82) is 0 Å². The van der Waals surface area contributed by atoms with Gasteiger partial charge in [-0.3, -0.25) is 0 Å². The van der Waals surface area contributed by atoms with E-state index >= 15 is 0 Å². The van der Waals surface area contributed by atoms with Crippen LogP contribution in [0.4, 0.5) is 0 Å². The highest BCUT2D eigenvalue weighted by Crippen LogP contribution is 2.27. The summed E-state index contributed by atoms with van der Waals surface area (Å²) in [7, 11) is 2.05. The molecule has 1 aromatic rings. The van der Waals surface area contributed by atoms with Crippen molar-refractivity contribution < 1.29 is 0 Å². The summed E-state index contributed by atoms with van der Waals surface area (Å²) in [5.41, 5.74) is 3.14. The summed E-state index contributed by atoms with van der Waals surface area (Å²) in [5.74, 6) is 0. The quantitative estimate of drug-likeness (QED) is 0.784. The lowest BCUT2D eigenvalue weighted by molar-refractivity contribution is 0.347. The zero-order valence-electron chi connectivity index (χ0n) is 12.3. The van der Waals surface area contributed by atoms with Crippen molar-refractivity contribution in [3.8, 4) is 0 Å². The van der Waals surface area contributed by atoms with Gasteiger partial charge in [-0.25, -0.2) is 0 Å². The molecule has 18 heavy (non-hydrogen) atoms. The second-order valence-corrected chi connectivity index (χ2v) is 7.27. The molecule has 0 heterocycles. The van der Waals surface area contributed by atoms with Crippen LogP contribution in [0.3, 0.4) is 0 Å². The maximum Gasteiger partial charge on any atom is 0.0318 e. The highest BCUT2D eigenvalue weighted by Gasteiger charge is 2.14. The average Bonchev–Trinajstić information content (AvgIpc) is 2.21. The Morgan fingerprint density at radius 1 is 1.22 bits per heavy atom. The highest BCUT2D eigenvalue weighted by molar-refractivity contribution is 9.10. The maximum absolute atomic E-state index is 3.58. The van der Waals surface area contributed by atoms with Gasteiger partial charge in [-0.15, -0.1) is 0 Å². The van der Waals surface area contributed by atoms with Gasteiger partial charge in [-0.1, -0.05) is 49.2 Å². The Kier molecular flexibility index (Phi) is 5.87. The van der Waals surface area contributed by atoms with Gasteiger partial charge in [-0.05, 0) is 55.5 Å². The van der Waals surface area contributed by atoms with Crippen molar-refractivity contribution in [2.45, 2.75) is 53.0 Å². The summed E-state index contributed by atoms with van der Waals surface area (Å²) in [6.45, 7) is 9.08. The van der Waals surface area contributed by atoms with Gasteiger partial charge in [-0.2, -0.15) is 0 Å². The molecule has 0 aromatic heterocycles. The Labute approximate surface area is 120 Å². The SMILES string of the molecule is CNC(CCCC(C)(C)C)c1cc(C)cc(Br)c1. The minimum Gasteiger partial charge on any atom is -0.313 e. The molecule has 0 fully saturated rings. The van der Waals surface area contributed by atoms with Crippen molar-refractivity contribution in [1.82, 2.24) is 5.32 Å². The molecule has 0 bridgehead atoms. The van der Waals surface area contributed by atoms with Crippen LogP contribution < -0.4 is 5.32 Å². The van der Waals surface area contributed by atoms with Gasteiger partial charge in [0.1, 0.15) is 0 Å². The normalized spacial score (nSPS) is 13.7. The lowest BCUT2D eigenvalue weighted by Crippen LogP contribution is -2.17. The maximum atomic E-state index is 3.58. The Hall–Kier alpha value is -0.340. The minimum atomic E-state index is 0.436. The van der Waals surface area contributed by atoms with Crippen LogP contribution in [0.1, 0.15) is 57.2 Å². The van der Waals surface area contributed by atoms with Gasteiger partial charge in [0.15, 0.2) is 0 Å². The fourth-order valence-electron chi connectivity index (χ4n) is 2.28. The average molecular weight is 312 g/mol. The summed E-state index contributed by atoms with van der Waals surface area (Å²) in [6.07, 6.45) is 3.74. The molecule has 0 spiro atoms. The van der Waals surface area contributed by atoms with Crippen LogP contribution in [0, 0.1) is 12.3 Å². The first kappa shape index (κ1) is 15.7. The van der Waals surface area contributed by atoms with Crippen LogP contribution in [-0.4, -0.2) is 7.05 Å². The van der Waals surface area contributed by atoms with Gasteiger partial charge >= 0.3 is 0 Å². The first-order valence-electron chi connectivity index (χ1n) is 6.76. The van der Waals surface area contributed by atoms with Crippen molar-refractivity contribution in [2.24, 2.45) is 5.41 Å². The largest absolute Gasteiger partial charge is 0.313 e. The van der Waals surface area contributed by atoms with E-state index in [1.165, 1.54) is 34.9 Å². The number of rotatable bonds is 5. The second-order valence-electron chi connectivity index (χ2n) is 6.36. The molecule has 0 aliphatic rings. The molecule has 2 heteroatoms. The molecule has 1 N–H and O–H groups in total. The molecule has 1 unspecified atom stereocenters. The van der Waals surface area contributed by atoms with Crippen molar-refractivity contribution in [2.75, 3.05) is 7.05 Å². The van der Waals surface area contributed by atoms with E-state index in [9.17, 15) is 0 Å². The predicted molar refractivity (Wildman–Crippen MR) is 84.0 cm³/mol. The van der Waals surface area contributed by atoms with Crippen molar-refractivity contribution in [3.63, 3.8) is 0 Å². The lowest BCUT2D eigenvalue weighted by atomic mass is 9.88. The molecule has 0 aliphatic carbocycles. The third-order valence-electron chi connectivity index (χ3n) is 3.23. The molecule has 102 valence electrons. The number of hydrogen-bond acceptors (Lipinski definition) is 1. The van der Waals surface area contributed by atoms with Gasteiger partial charge < -0.3 is 5.32 Å². The molecule has 0 saturated heterocycles. The zero-order chi connectivity index (χ0) is 13.8. The van der Waals surface area contributed by atoms with Crippen molar-refractivity contribution >= 4 is 15.9 Å². The van der Waals surface area contributed by atoms with Gasteiger partial charge in [0.25, 0.3) is 0 Å². The zero-order valence-corrected chi connectivity index (χ0v) is 13.9. The summed E-state index contributed by atoms with van der Waals surface area (Å²) in [4.78, 5) is 0.